The van der Waals surface area contributed by atoms with Gasteiger partial charge in [0.1, 0.15) is 5.82 Å². The van der Waals surface area contributed by atoms with Crippen LogP contribution >= 0.6 is 27.5 Å². The van der Waals surface area contributed by atoms with Gasteiger partial charge in [-0.15, -0.1) is 11.6 Å². The van der Waals surface area contributed by atoms with Crippen LogP contribution < -0.4 is 0 Å². The molecule has 0 heterocycles. The van der Waals surface area contributed by atoms with Crippen molar-refractivity contribution in [2.75, 3.05) is 5.88 Å². The molecule has 0 bridgehead atoms. The van der Waals surface area contributed by atoms with E-state index in [4.69, 9.17) is 11.6 Å². The Balaban J connectivity index is 2.07. The number of rotatable bonds is 5. The third-order valence-electron chi connectivity index (χ3n) is 3.47. The second-order valence-corrected chi connectivity index (χ2v) is 6.35. The van der Waals surface area contributed by atoms with E-state index in [-0.39, 0.29) is 5.82 Å². The van der Waals surface area contributed by atoms with E-state index < -0.39 is 0 Å². The summed E-state index contributed by atoms with van der Waals surface area (Å²) >= 11 is 9.54. The molecule has 0 saturated heterocycles. The first kappa shape index (κ1) is 15.5. The lowest BCUT2D eigenvalue weighted by molar-refractivity contribution is 0.579. The average molecular weight is 356 g/mol. The summed E-state index contributed by atoms with van der Waals surface area (Å²) in [6.45, 7) is 1.95. The molecular formula is C17H17BrClF. The number of aryl methyl sites for hydroxylation is 1. The lowest BCUT2D eigenvalue weighted by atomic mass is 9.92. The van der Waals surface area contributed by atoms with Crippen LogP contribution in [0.15, 0.2) is 46.9 Å². The van der Waals surface area contributed by atoms with Crippen LogP contribution in [0.2, 0.25) is 0 Å². The van der Waals surface area contributed by atoms with Gasteiger partial charge in [-0.1, -0.05) is 34.1 Å². The predicted molar refractivity (Wildman–Crippen MR) is 86.9 cm³/mol. The van der Waals surface area contributed by atoms with Gasteiger partial charge in [-0.05, 0) is 66.6 Å². The van der Waals surface area contributed by atoms with Crippen LogP contribution in [0.3, 0.4) is 0 Å². The van der Waals surface area contributed by atoms with Gasteiger partial charge in [-0.25, -0.2) is 4.39 Å². The predicted octanol–water partition coefficient (Wildman–Crippen LogP) is 5.54. The van der Waals surface area contributed by atoms with Crippen molar-refractivity contribution in [3.05, 3.63) is 69.4 Å². The Labute approximate surface area is 133 Å². The van der Waals surface area contributed by atoms with Gasteiger partial charge in [-0.2, -0.15) is 0 Å². The molecule has 0 N–H and O–H groups in total. The Hall–Kier alpha value is -0.860. The van der Waals surface area contributed by atoms with E-state index in [9.17, 15) is 4.39 Å². The largest absolute Gasteiger partial charge is 0.207 e. The van der Waals surface area contributed by atoms with Crippen LogP contribution in [0.5, 0.6) is 0 Å². The zero-order valence-corrected chi connectivity index (χ0v) is 13.7. The minimum Gasteiger partial charge on any atom is -0.207 e. The smallest absolute Gasteiger partial charge is 0.123 e. The molecule has 0 aliphatic carbocycles. The SMILES string of the molecule is Cc1cc(F)ccc1CC(CCl)Cc1ccc(Br)cc1. The maximum absolute atomic E-state index is 13.1. The Morgan fingerprint density at radius 3 is 2.40 bits per heavy atom. The molecule has 2 rings (SSSR count). The zero-order valence-electron chi connectivity index (χ0n) is 11.4. The highest BCUT2D eigenvalue weighted by atomic mass is 79.9. The molecule has 0 aromatic heterocycles. The van der Waals surface area contributed by atoms with Crippen molar-refractivity contribution in [3.63, 3.8) is 0 Å². The molecule has 1 atom stereocenters. The fourth-order valence-electron chi connectivity index (χ4n) is 2.33. The first-order chi connectivity index (χ1) is 9.58. The quantitative estimate of drug-likeness (QED) is 0.618. The molecule has 106 valence electrons. The molecule has 20 heavy (non-hydrogen) atoms. The summed E-state index contributed by atoms with van der Waals surface area (Å²) in [6.07, 6.45) is 1.82. The van der Waals surface area contributed by atoms with Crippen LogP contribution in [-0.2, 0) is 12.8 Å². The Bertz CT molecular complexity index is 566. The minimum atomic E-state index is -0.179. The molecule has 0 spiro atoms. The fourth-order valence-corrected chi connectivity index (χ4v) is 2.82. The molecule has 3 heteroatoms. The van der Waals surface area contributed by atoms with Crippen LogP contribution in [0.1, 0.15) is 16.7 Å². The van der Waals surface area contributed by atoms with E-state index in [1.54, 1.807) is 6.07 Å². The fraction of sp³-hybridized carbons (Fsp3) is 0.294. The molecular weight excluding hydrogens is 339 g/mol. The summed E-state index contributed by atoms with van der Waals surface area (Å²) in [5.41, 5.74) is 3.45. The van der Waals surface area contributed by atoms with Gasteiger partial charge in [0.15, 0.2) is 0 Å². The summed E-state index contributed by atoms with van der Waals surface area (Å²) in [5, 5.41) is 0. The van der Waals surface area contributed by atoms with Crippen molar-refractivity contribution in [2.24, 2.45) is 5.92 Å². The molecule has 0 aliphatic rings. The highest BCUT2D eigenvalue weighted by Gasteiger charge is 2.11. The lowest BCUT2D eigenvalue weighted by Gasteiger charge is -2.16. The Morgan fingerprint density at radius 2 is 1.80 bits per heavy atom. The number of hydrogen-bond donors (Lipinski definition) is 0. The molecule has 0 radical (unpaired) electrons. The first-order valence-corrected chi connectivity index (χ1v) is 7.96. The summed E-state index contributed by atoms with van der Waals surface area (Å²) in [4.78, 5) is 0. The number of halogens is 3. The third-order valence-corrected chi connectivity index (χ3v) is 4.43. The highest BCUT2D eigenvalue weighted by molar-refractivity contribution is 9.10. The molecule has 1 unspecified atom stereocenters. The van der Waals surface area contributed by atoms with Crippen molar-refractivity contribution in [2.45, 2.75) is 19.8 Å². The van der Waals surface area contributed by atoms with Gasteiger partial charge < -0.3 is 0 Å². The number of hydrogen-bond acceptors (Lipinski definition) is 0. The summed E-state index contributed by atoms with van der Waals surface area (Å²) in [5.74, 6) is 0.788. The van der Waals surface area contributed by atoms with E-state index >= 15 is 0 Å². The summed E-state index contributed by atoms with van der Waals surface area (Å²) in [7, 11) is 0. The van der Waals surface area contributed by atoms with Crippen molar-refractivity contribution >= 4 is 27.5 Å². The van der Waals surface area contributed by atoms with E-state index in [0.29, 0.717) is 11.8 Å². The second kappa shape index (κ2) is 7.24. The first-order valence-electron chi connectivity index (χ1n) is 6.64. The standard InChI is InChI=1S/C17H17BrClF/c1-12-8-17(20)7-4-15(12)10-14(11-19)9-13-2-5-16(18)6-3-13/h2-8,14H,9-11H2,1H3. The van der Waals surface area contributed by atoms with E-state index in [1.807, 2.05) is 25.1 Å². The topological polar surface area (TPSA) is 0 Å². The summed E-state index contributed by atoms with van der Waals surface area (Å²) < 4.78 is 14.2. The molecule has 2 aromatic carbocycles. The van der Waals surface area contributed by atoms with Crippen LogP contribution in [0.25, 0.3) is 0 Å². The minimum absolute atomic E-state index is 0.179. The van der Waals surface area contributed by atoms with Crippen molar-refractivity contribution in [1.82, 2.24) is 0 Å². The maximum Gasteiger partial charge on any atom is 0.123 e. The van der Waals surface area contributed by atoms with Crippen molar-refractivity contribution in [3.8, 4) is 0 Å². The third kappa shape index (κ3) is 4.32. The van der Waals surface area contributed by atoms with Crippen LogP contribution in [-0.4, -0.2) is 5.88 Å². The van der Waals surface area contributed by atoms with E-state index in [2.05, 4.69) is 28.1 Å². The molecule has 0 fully saturated rings. The normalized spacial score (nSPS) is 12.4. The summed E-state index contributed by atoms with van der Waals surface area (Å²) in [6, 6.07) is 13.3. The van der Waals surface area contributed by atoms with Gasteiger partial charge >= 0.3 is 0 Å². The van der Waals surface area contributed by atoms with Crippen LogP contribution in [0.4, 0.5) is 4.39 Å². The number of alkyl halides is 1. The monoisotopic (exact) mass is 354 g/mol. The highest BCUT2D eigenvalue weighted by Crippen LogP contribution is 2.20. The lowest BCUT2D eigenvalue weighted by Crippen LogP contribution is -2.11. The molecule has 0 nitrogen and oxygen atoms in total. The second-order valence-electron chi connectivity index (χ2n) is 5.13. The van der Waals surface area contributed by atoms with Crippen molar-refractivity contribution < 1.29 is 4.39 Å². The maximum atomic E-state index is 13.1. The average Bonchev–Trinajstić information content (AvgIpc) is 2.43. The van der Waals surface area contributed by atoms with Gasteiger partial charge in [0, 0.05) is 10.4 Å². The molecule has 0 saturated carbocycles. The van der Waals surface area contributed by atoms with Crippen molar-refractivity contribution in [1.29, 1.82) is 0 Å². The van der Waals surface area contributed by atoms with Gasteiger partial charge in [0.05, 0.1) is 0 Å². The van der Waals surface area contributed by atoms with Gasteiger partial charge in [0.25, 0.3) is 0 Å². The van der Waals surface area contributed by atoms with Gasteiger partial charge in [-0.3, -0.25) is 0 Å². The van der Waals surface area contributed by atoms with Crippen LogP contribution in [0, 0.1) is 18.7 Å². The van der Waals surface area contributed by atoms with E-state index in [1.165, 1.54) is 17.2 Å². The molecule has 2 aromatic rings. The van der Waals surface area contributed by atoms with Gasteiger partial charge in [0.2, 0.25) is 0 Å². The number of benzene rings is 2. The Morgan fingerprint density at radius 1 is 1.10 bits per heavy atom. The Kier molecular flexibility index (Phi) is 5.62. The zero-order chi connectivity index (χ0) is 14.5. The van der Waals surface area contributed by atoms with E-state index in [0.717, 1.165) is 22.9 Å². The molecule has 0 amide bonds. The molecule has 0 aliphatic heterocycles.